The highest BCUT2D eigenvalue weighted by atomic mass is 13.9. The molecule has 0 aromatic heterocycles. The fraction of sp³-hybridized carbons (Fsp3) is 0.667. The third kappa shape index (κ3) is 0.852. The highest BCUT2D eigenvalue weighted by Gasteiger charge is 1.87. The predicted octanol–water partition coefficient (Wildman–Crippen LogP) is 2.12. The molecule has 0 spiro atoms. The average Bonchev–Trinajstić information content (AvgIpc) is 1.77. The van der Waals surface area contributed by atoms with Crippen molar-refractivity contribution in [2.24, 2.45) is 0 Å². The SMILES string of the molecule is [2H]C1=C([2H])CCCC1. The Morgan fingerprint density at radius 3 is 2.00 bits per heavy atom. The van der Waals surface area contributed by atoms with Gasteiger partial charge in [-0.2, -0.15) is 0 Å². The van der Waals surface area contributed by atoms with Gasteiger partial charge in [-0.25, -0.2) is 0 Å². The van der Waals surface area contributed by atoms with Crippen LogP contribution < -0.4 is 0 Å². The molecular weight excluding hydrogens is 72.1 g/mol. The Bertz CT molecular complexity index is 102. The van der Waals surface area contributed by atoms with Gasteiger partial charge in [0.15, 0.2) is 0 Å². The highest BCUT2D eigenvalue weighted by Crippen LogP contribution is 2.07. The van der Waals surface area contributed by atoms with Crippen molar-refractivity contribution < 1.29 is 2.74 Å². The second kappa shape index (κ2) is 2.01. The van der Waals surface area contributed by atoms with Crippen LogP contribution in [0.1, 0.15) is 28.4 Å². The second-order valence-corrected chi connectivity index (χ2v) is 1.56. The summed E-state index contributed by atoms with van der Waals surface area (Å²) in [5, 5.41) is 0. The molecule has 0 nitrogen and oxygen atoms in total. The lowest BCUT2D eigenvalue weighted by Gasteiger charge is -1.97. The molecule has 0 aromatic carbocycles. The molecule has 1 rings (SSSR count). The summed E-state index contributed by atoms with van der Waals surface area (Å²) in [4.78, 5) is 0. The first kappa shape index (κ1) is 2.15. The van der Waals surface area contributed by atoms with E-state index in [4.69, 9.17) is 2.74 Å². The van der Waals surface area contributed by atoms with Gasteiger partial charge in [0.05, 0.1) is 2.74 Å². The van der Waals surface area contributed by atoms with Crippen molar-refractivity contribution in [3.05, 3.63) is 12.1 Å². The molecule has 34 valence electrons. The molecule has 0 heterocycles. The summed E-state index contributed by atoms with van der Waals surface area (Å²) in [6.07, 6.45) is 3.89. The fourth-order valence-electron chi connectivity index (χ4n) is 0.604. The molecule has 0 fully saturated rings. The maximum absolute atomic E-state index is 7.17. The molecule has 0 unspecified atom stereocenters. The number of hydrogen-bond donors (Lipinski definition) is 0. The first-order chi connectivity index (χ1) is 3.80. The van der Waals surface area contributed by atoms with Crippen LogP contribution in [0.15, 0.2) is 12.1 Å². The first-order valence-electron chi connectivity index (χ1n) is 3.46. The van der Waals surface area contributed by atoms with Crippen LogP contribution in [0.4, 0.5) is 0 Å². The van der Waals surface area contributed by atoms with Gasteiger partial charge in [-0.1, -0.05) is 12.1 Å². The molecular formula is C6H10. The van der Waals surface area contributed by atoms with Crippen LogP contribution >= 0.6 is 0 Å². The van der Waals surface area contributed by atoms with Crippen LogP contribution in [-0.4, -0.2) is 0 Å². The zero-order valence-electron chi connectivity index (χ0n) is 5.83. The summed E-state index contributed by atoms with van der Waals surface area (Å²) >= 11 is 0. The Hall–Kier alpha value is -0.260. The minimum atomic E-state index is 0.552. The summed E-state index contributed by atoms with van der Waals surface area (Å²) in [6, 6.07) is 1.10. The van der Waals surface area contributed by atoms with Crippen LogP contribution in [0.3, 0.4) is 0 Å². The van der Waals surface area contributed by atoms with E-state index in [9.17, 15) is 0 Å². The minimum Gasteiger partial charge on any atom is -0.0885 e. The van der Waals surface area contributed by atoms with Gasteiger partial charge >= 0.3 is 0 Å². The quantitative estimate of drug-likeness (QED) is 0.394. The van der Waals surface area contributed by atoms with Crippen molar-refractivity contribution in [1.82, 2.24) is 0 Å². The van der Waals surface area contributed by atoms with Crippen molar-refractivity contribution in [3.63, 3.8) is 0 Å². The first-order valence-corrected chi connectivity index (χ1v) is 2.46. The third-order valence-corrected chi connectivity index (χ3v) is 0.979. The molecule has 1 aliphatic rings. The lowest BCUT2D eigenvalue weighted by molar-refractivity contribution is 0.730. The van der Waals surface area contributed by atoms with Gasteiger partial charge in [0.25, 0.3) is 0 Å². The van der Waals surface area contributed by atoms with Crippen molar-refractivity contribution >= 4 is 0 Å². The van der Waals surface area contributed by atoms with E-state index < -0.39 is 0 Å². The van der Waals surface area contributed by atoms with Gasteiger partial charge in [-0.05, 0) is 25.7 Å². The monoisotopic (exact) mass is 84.1 g/mol. The molecule has 0 saturated heterocycles. The Kier molecular flexibility index (Phi) is 0.722. The van der Waals surface area contributed by atoms with Gasteiger partial charge < -0.3 is 0 Å². The van der Waals surface area contributed by atoms with E-state index in [0.29, 0.717) is 12.1 Å². The topological polar surface area (TPSA) is 0 Å². The fourth-order valence-corrected chi connectivity index (χ4v) is 0.604. The lowest BCUT2D eigenvalue weighted by atomic mass is 10.1. The molecule has 0 aliphatic heterocycles. The normalized spacial score (nSPS) is 29.3. The van der Waals surface area contributed by atoms with Gasteiger partial charge in [0.1, 0.15) is 0 Å². The molecule has 0 heteroatoms. The third-order valence-electron chi connectivity index (χ3n) is 0.979. The molecule has 0 N–H and O–H groups in total. The Labute approximate surface area is 41.7 Å². The van der Waals surface area contributed by atoms with E-state index in [0.717, 1.165) is 25.7 Å². The van der Waals surface area contributed by atoms with Gasteiger partial charge in [-0.15, -0.1) is 0 Å². The molecule has 1 aliphatic carbocycles. The average molecular weight is 84.2 g/mol. The van der Waals surface area contributed by atoms with Crippen molar-refractivity contribution in [1.29, 1.82) is 0 Å². The number of allylic oxidation sites excluding steroid dienone is 2. The van der Waals surface area contributed by atoms with Crippen LogP contribution in [0.2, 0.25) is 0 Å². The molecule has 0 saturated carbocycles. The Morgan fingerprint density at radius 2 is 1.67 bits per heavy atom. The second-order valence-electron chi connectivity index (χ2n) is 1.56. The molecule has 0 aromatic rings. The minimum absolute atomic E-state index is 0.552. The van der Waals surface area contributed by atoms with Crippen LogP contribution in [0, 0.1) is 0 Å². The van der Waals surface area contributed by atoms with Crippen molar-refractivity contribution in [2.45, 2.75) is 25.7 Å². The van der Waals surface area contributed by atoms with Crippen molar-refractivity contribution in [3.8, 4) is 0 Å². The number of rotatable bonds is 0. The van der Waals surface area contributed by atoms with E-state index in [2.05, 4.69) is 0 Å². The predicted molar refractivity (Wildman–Crippen MR) is 27.6 cm³/mol. The van der Waals surface area contributed by atoms with Gasteiger partial charge in [-0.3, -0.25) is 0 Å². The van der Waals surface area contributed by atoms with Crippen LogP contribution in [0.5, 0.6) is 0 Å². The molecule has 0 bridgehead atoms. The molecule has 0 amide bonds. The zero-order chi connectivity index (χ0) is 5.98. The molecule has 6 heavy (non-hydrogen) atoms. The maximum atomic E-state index is 7.17. The summed E-state index contributed by atoms with van der Waals surface area (Å²) < 4.78 is 14.3. The summed E-state index contributed by atoms with van der Waals surface area (Å²) in [5.74, 6) is 0. The van der Waals surface area contributed by atoms with Gasteiger partial charge in [0.2, 0.25) is 0 Å². The largest absolute Gasteiger partial charge is 0.0885 e. The Morgan fingerprint density at radius 1 is 1.17 bits per heavy atom. The Balaban J connectivity index is 2.60. The van der Waals surface area contributed by atoms with E-state index >= 15 is 0 Å². The molecule has 0 radical (unpaired) electrons. The summed E-state index contributed by atoms with van der Waals surface area (Å²) in [5.41, 5.74) is 0. The maximum Gasteiger partial charge on any atom is 0.0572 e. The van der Waals surface area contributed by atoms with E-state index in [-0.39, 0.29) is 0 Å². The highest BCUT2D eigenvalue weighted by molar-refractivity contribution is 4.85. The van der Waals surface area contributed by atoms with E-state index in [1.54, 1.807) is 0 Å². The molecule has 0 atom stereocenters. The number of hydrogen-bond acceptors (Lipinski definition) is 0. The smallest absolute Gasteiger partial charge is 0.0572 e. The van der Waals surface area contributed by atoms with E-state index in [1.165, 1.54) is 0 Å². The summed E-state index contributed by atoms with van der Waals surface area (Å²) in [6.45, 7) is 0. The zero-order valence-corrected chi connectivity index (χ0v) is 3.83. The standard InChI is InChI=1S/C6H10/c1-2-4-6-5-3-1/h1-2H,3-6H2/i1D,2D. The van der Waals surface area contributed by atoms with Gasteiger partial charge in [0, 0.05) is 0 Å². The lowest BCUT2D eigenvalue weighted by Crippen LogP contribution is -1.77. The van der Waals surface area contributed by atoms with Crippen LogP contribution in [0.25, 0.3) is 0 Å². The van der Waals surface area contributed by atoms with E-state index in [1.807, 2.05) is 0 Å². The summed E-state index contributed by atoms with van der Waals surface area (Å²) in [7, 11) is 0. The van der Waals surface area contributed by atoms with Crippen LogP contribution in [-0.2, 0) is 0 Å². The van der Waals surface area contributed by atoms with Crippen molar-refractivity contribution in [2.75, 3.05) is 0 Å².